The molecule has 19 heavy (non-hydrogen) atoms. The van der Waals surface area contributed by atoms with Crippen molar-refractivity contribution in [2.45, 2.75) is 6.04 Å². The van der Waals surface area contributed by atoms with E-state index in [4.69, 9.17) is 5.11 Å². The molecule has 5 nitrogen and oxygen atoms in total. The van der Waals surface area contributed by atoms with Crippen LogP contribution in [0.15, 0.2) is 30.3 Å². The van der Waals surface area contributed by atoms with Crippen LogP contribution in [0.3, 0.4) is 0 Å². The molecule has 1 unspecified atom stereocenters. The SMILES string of the molecule is O=C(O)C1CN(C(=O)C#Cc2ccccc2)CCN1. The van der Waals surface area contributed by atoms with Crippen LogP contribution in [0.25, 0.3) is 0 Å². The third-order valence-corrected chi connectivity index (χ3v) is 2.85. The second-order valence-corrected chi connectivity index (χ2v) is 4.21. The van der Waals surface area contributed by atoms with Gasteiger partial charge in [-0.3, -0.25) is 9.59 Å². The van der Waals surface area contributed by atoms with Gasteiger partial charge in [-0.1, -0.05) is 24.1 Å². The largest absolute Gasteiger partial charge is 0.480 e. The van der Waals surface area contributed by atoms with Crippen LogP contribution in [-0.4, -0.2) is 47.6 Å². The number of piperazine rings is 1. The molecule has 1 fully saturated rings. The van der Waals surface area contributed by atoms with E-state index in [2.05, 4.69) is 17.2 Å². The third kappa shape index (κ3) is 3.57. The predicted octanol–water partition coefficient (Wildman–Crippen LogP) is -0.0769. The average Bonchev–Trinajstić information content (AvgIpc) is 2.46. The van der Waals surface area contributed by atoms with Gasteiger partial charge in [-0.25, -0.2) is 0 Å². The Kier molecular flexibility index (Phi) is 4.16. The highest BCUT2D eigenvalue weighted by Crippen LogP contribution is 2.00. The van der Waals surface area contributed by atoms with Crippen molar-refractivity contribution in [2.24, 2.45) is 0 Å². The summed E-state index contributed by atoms with van der Waals surface area (Å²) in [5.41, 5.74) is 0.765. The van der Waals surface area contributed by atoms with Crippen LogP contribution in [-0.2, 0) is 9.59 Å². The van der Waals surface area contributed by atoms with Crippen LogP contribution < -0.4 is 5.32 Å². The number of aliphatic carboxylic acids is 1. The molecule has 0 saturated carbocycles. The van der Waals surface area contributed by atoms with Crippen molar-refractivity contribution in [3.05, 3.63) is 35.9 Å². The summed E-state index contributed by atoms with van der Waals surface area (Å²) >= 11 is 0. The molecule has 0 aromatic heterocycles. The zero-order chi connectivity index (χ0) is 13.7. The average molecular weight is 258 g/mol. The Hall–Kier alpha value is -2.32. The standard InChI is InChI=1S/C14H14N2O3/c17-13(7-6-11-4-2-1-3-5-11)16-9-8-15-12(10-16)14(18)19/h1-5,12,15H,8-10H2,(H,18,19). The number of rotatable bonds is 1. The number of nitrogens with zero attached hydrogens (tertiary/aromatic N) is 1. The van der Waals surface area contributed by atoms with Gasteiger partial charge in [-0.2, -0.15) is 0 Å². The van der Waals surface area contributed by atoms with Gasteiger partial charge in [0.25, 0.3) is 5.91 Å². The maximum Gasteiger partial charge on any atom is 0.322 e. The number of benzene rings is 1. The van der Waals surface area contributed by atoms with Crippen molar-refractivity contribution in [3.63, 3.8) is 0 Å². The molecule has 0 aliphatic carbocycles. The Morgan fingerprint density at radius 3 is 2.74 bits per heavy atom. The molecule has 1 aliphatic heterocycles. The van der Waals surface area contributed by atoms with Crippen molar-refractivity contribution < 1.29 is 14.7 Å². The van der Waals surface area contributed by atoms with Gasteiger partial charge in [0, 0.05) is 31.1 Å². The summed E-state index contributed by atoms with van der Waals surface area (Å²) in [5.74, 6) is 4.03. The first-order valence-corrected chi connectivity index (χ1v) is 5.99. The fourth-order valence-corrected chi connectivity index (χ4v) is 1.83. The number of amides is 1. The van der Waals surface area contributed by atoms with Gasteiger partial charge in [0.2, 0.25) is 0 Å². The zero-order valence-corrected chi connectivity index (χ0v) is 10.3. The van der Waals surface area contributed by atoms with E-state index in [-0.39, 0.29) is 12.5 Å². The summed E-state index contributed by atoms with van der Waals surface area (Å²) in [6.07, 6.45) is 0. The van der Waals surface area contributed by atoms with Crippen LogP contribution in [0.4, 0.5) is 0 Å². The normalized spacial score (nSPS) is 18.3. The highest BCUT2D eigenvalue weighted by molar-refractivity contribution is 5.94. The molecular formula is C14H14N2O3. The number of carboxylic acid groups (broad SMARTS) is 1. The molecule has 1 aromatic rings. The van der Waals surface area contributed by atoms with E-state index in [9.17, 15) is 9.59 Å². The lowest BCUT2D eigenvalue weighted by atomic mass is 10.2. The van der Waals surface area contributed by atoms with Gasteiger partial charge in [-0.15, -0.1) is 0 Å². The molecule has 2 rings (SSSR count). The maximum atomic E-state index is 11.9. The monoisotopic (exact) mass is 258 g/mol. The molecular weight excluding hydrogens is 244 g/mol. The minimum absolute atomic E-state index is 0.150. The minimum Gasteiger partial charge on any atom is -0.480 e. The predicted molar refractivity (Wildman–Crippen MR) is 69.3 cm³/mol. The van der Waals surface area contributed by atoms with Crippen LogP contribution in [0, 0.1) is 11.8 Å². The van der Waals surface area contributed by atoms with Crippen LogP contribution in [0.5, 0.6) is 0 Å². The Bertz CT molecular complexity index is 531. The van der Waals surface area contributed by atoms with Gasteiger partial charge in [-0.05, 0) is 12.1 Å². The van der Waals surface area contributed by atoms with E-state index in [1.807, 2.05) is 30.3 Å². The molecule has 1 aliphatic rings. The summed E-state index contributed by atoms with van der Waals surface area (Å²) in [6.45, 7) is 1.10. The van der Waals surface area contributed by atoms with Crippen LogP contribution in [0.1, 0.15) is 5.56 Å². The molecule has 1 amide bonds. The lowest BCUT2D eigenvalue weighted by molar-refractivity contribution is -0.141. The third-order valence-electron chi connectivity index (χ3n) is 2.85. The summed E-state index contributed by atoms with van der Waals surface area (Å²) in [4.78, 5) is 24.2. The van der Waals surface area contributed by atoms with Crippen molar-refractivity contribution in [3.8, 4) is 11.8 Å². The van der Waals surface area contributed by atoms with Gasteiger partial charge < -0.3 is 15.3 Å². The van der Waals surface area contributed by atoms with Gasteiger partial charge in [0.1, 0.15) is 6.04 Å². The number of nitrogens with one attached hydrogen (secondary N) is 1. The minimum atomic E-state index is -0.950. The zero-order valence-electron chi connectivity index (χ0n) is 10.3. The summed E-state index contributed by atoms with van der Waals surface area (Å²) in [7, 11) is 0. The molecule has 98 valence electrons. The summed E-state index contributed by atoms with van der Waals surface area (Å²) in [5, 5.41) is 11.7. The number of carbonyl (C=O) groups is 2. The molecule has 0 bridgehead atoms. The smallest absolute Gasteiger partial charge is 0.322 e. The first-order chi connectivity index (χ1) is 9.16. The topological polar surface area (TPSA) is 69.6 Å². The van der Waals surface area contributed by atoms with Gasteiger partial charge >= 0.3 is 5.97 Å². The van der Waals surface area contributed by atoms with E-state index in [0.717, 1.165) is 5.56 Å². The fourth-order valence-electron chi connectivity index (χ4n) is 1.83. The van der Waals surface area contributed by atoms with Gasteiger partial charge in [0.05, 0.1) is 0 Å². The quantitative estimate of drug-likeness (QED) is 0.691. The number of carboxylic acids is 1. The first kappa shape index (κ1) is 13.1. The molecule has 1 atom stereocenters. The Morgan fingerprint density at radius 1 is 1.32 bits per heavy atom. The van der Waals surface area contributed by atoms with E-state index in [0.29, 0.717) is 13.1 Å². The number of hydrogen-bond donors (Lipinski definition) is 2. The van der Waals surface area contributed by atoms with Crippen molar-refractivity contribution in [2.75, 3.05) is 19.6 Å². The first-order valence-electron chi connectivity index (χ1n) is 5.99. The second-order valence-electron chi connectivity index (χ2n) is 4.21. The maximum absolute atomic E-state index is 11.9. The molecule has 2 N–H and O–H groups in total. The van der Waals surface area contributed by atoms with Crippen LogP contribution >= 0.6 is 0 Å². The van der Waals surface area contributed by atoms with E-state index in [1.165, 1.54) is 4.90 Å². The van der Waals surface area contributed by atoms with Gasteiger partial charge in [0.15, 0.2) is 0 Å². The lowest BCUT2D eigenvalue weighted by Gasteiger charge is -2.30. The molecule has 5 heteroatoms. The highest BCUT2D eigenvalue weighted by atomic mass is 16.4. The lowest BCUT2D eigenvalue weighted by Crippen LogP contribution is -2.55. The van der Waals surface area contributed by atoms with Crippen molar-refractivity contribution in [1.29, 1.82) is 0 Å². The fraction of sp³-hybridized carbons (Fsp3) is 0.286. The number of carbonyl (C=O) groups excluding carboxylic acids is 1. The molecule has 0 spiro atoms. The second kappa shape index (κ2) is 6.03. The Morgan fingerprint density at radius 2 is 2.05 bits per heavy atom. The highest BCUT2D eigenvalue weighted by Gasteiger charge is 2.26. The van der Waals surface area contributed by atoms with E-state index < -0.39 is 12.0 Å². The van der Waals surface area contributed by atoms with Crippen molar-refractivity contribution >= 4 is 11.9 Å². The van der Waals surface area contributed by atoms with Crippen molar-refractivity contribution in [1.82, 2.24) is 10.2 Å². The van der Waals surface area contributed by atoms with Crippen LogP contribution in [0.2, 0.25) is 0 Å². The number of hydrogen-bond acceptors (Lipinski definition) is 3. The van der Waals surface area contributed by atoms with E-state index in [1.54, 1.807) is 0 Å². The Labute approximate surface area is 111 Å². The summed E-state index contributed by atoms with van der Waals surface area (Å²) < 4.78 is 0. The molecule has 1 heterocycles. The molecule has 1 aromatic carbocycles. The molecule has 1 saturated heterocycles. The Balaban J connectivity index is 2.00. The molecule has 0 radical (unpaired) electrons. The summed E-state index contributed by atoms with van der Waals surface area (Å²) in [6, 6.07) is 8.49. The van der Waals surface area contributed by atoms with E-state index >= 15 is 0 Å².